The number of hydrogen-bond donors (Lipinski definition) is 2. The standard InChI is InChI=1S/C25H34N2O4/c1-18-9-24-22(14-26(16-30-24)5-3-7-28)12-20(18)11-21-13-23-15-27(6-4-8-29)17-31-25(23)10-19(21)2/h9-10,12-13,28-29H,3-8,11,14-17H2,1-2H3. The van der Waals surface area contributed by atoms with Gasteiger partial charge in [-0.05, 0) is 67.5 Å². The summed E-state index contributed by atoms with van der Waals surface area (Å²) in [6, 6.07) is 8.92. The highest BCUT2D eigenvalue weighted by molar-refractivity contribution is 5.48. The molecule has 2 aromatic carbocycles. The zero-order valence-corrected chi connectivity index (χ0v) is 18.7. The van der Waals surface area contributed by atoms with E-state index in [2.05, 4.69) is 47.9 Å². The van der Waals surface area contributed by atoms with Crippen LogP contribution in [0.5, 0.6) is 11.5 Å². The fourth-order valence-electron chi connectivity index (χ4n) is 4.43. The first-order chi connectivity index (χ1) is 15.1. The molecule has 0 radical (unpaired) electrons. The van der Waals surface area contributed by atoms with Crippen LogP contribution < -0.4 is 9.47 Å². The molecule has 0 bridgehead atoms. The molecule has 31 heavy (non-hydrogen) atoms. The maximum Gasteiger partial charge on any atom is 0.142 e. The Bertz CT molecular complexity index is 841. The SMILES string of the molecule is Cc1cc2c(cc1Cc1cc3c(cc1C)OCN(CCCO)C3)CN(CCCO)CO2. The Balaban J connectivity index is 1.53. The van der Waals surface area contributed by atoms with E-state index in [0.717, 1.165) is 56.9 Å². The first kappa shape index (κ1) is 22.1. The molecule has 0 unspecified atom stereocenters. The number of fused-ring (bicyclic) bond motifs is 2. The largest absolute Gasteiger partial charge is 0.478 e. The summed E-state index contributed by atoms with van der Waals surface area (Å²) in [7, 11) is 0. The molecule has 4 rings (SSSR count). The average molecular weight is 427 g/mol. The van der Waals surface area contributed by atoms with Gasteiger partial charge in [-0.15, -0.1) is 0 Å². The van der Waals surface area contributed by atoms with Gasteiger partial charge >= 0.3 is 0 Å². The van der Waals surface area contributed by atoms with Crippen LogP contribution in [-0.2, 0) is 19.5 Å². The number of aryl methyl sites for hydroxylation is 2. The van der Waals surface area contributed by atoms with E-state index in [9.17, 15) is 0 Å². The Labute approximate surface area is 185 Å². The summed E-state index contributed by atoms with van der Waals surface area (Å²) in [4.78, 5) is 4.47. The summed E-state index contributed by atoms with van der Waals surface area (Å²) in [6.45, 7) is 9.31. The van der Waals surface area contributed by atoms with Crippen molar-refractivity contribution in [3.05, 3.63) is 57.6 Å². The number of ether oxygens (including phenoxy) is 2. The van der Waals surface area contributed by atoms with Gasteiger partial charge in [0.2, 0.25) is 0 Å². The van der Waals surface area contributed by atoms with Crippen LogP contribution in [0, 0.1) is 13.8 Å². The molecule has 0 aromatic heterocycles. The van der Waals surface area contributed by atoms with Crippen molar-refractivity contribution in [1.29, 1.82) is 0 Å². The van der Waals surface area contributed by atoms with Gasteiger partial charge in [0.25, 0.3) is 0 Å². The minimum Gasteiger partial charge on any atom is -0.478 e. The number of aliphatic hydroxyl groups excluding tert-OH is 2. The van der Waals surface area contributed by atoms with E-state index < -0.39 is 0 Å². The number of nitrogens with zero attached hydrogens (tertiary/aromatic N) is 2. The third-order valence-electron chi connectivity index (χ3n) is 6.28. The van der Waals surface area contributed by atoms with Gasteiger partial charge in [0.1, 0.15) is 25.0 Å². The predicted octanol–water partition coefficient (Wildman–Crippen LogP) is 2.96. The molecule has 2 aliphatic rings. The average Bonchev–Trinajstić information content (AvgIpc) is 2.77. The Morgan fingerprint density at radius 1 is 0.742 bits per heavy atom. The lowest BCUT2D eigenvalue weighted by atomic mass is 9.93. The van der Waals surface area contributed by atoms with Crippen molar-refractivity contribution < 1.29 is 19.7 Å². The van der Waals surface area contributed by atoms with Gasteiger partial charge in [-0.3, -0.25) is 9.80 Å². The van der Waals surface area contributed by atoms with E-state index in [-0.39, 0.29) is 13.2 Å². The third kappa shape index (κ3) is 5.21. The second kappa shape index (κ2) is 10.0. The summed E-state index contributed by atoms with van der Waals surface area (Å²) in [5.74, 6) is 1.97. The molecule has 0 atom stereocenters. The summed E-state index contributed by atoms with van der Waals surface area (Å²) in [6.07, 6.45) is 2.41. The molecule has 2 heterocycles. The molecule has 0 spiro atoms. The zero-order valence-electron chi connectivity index (χ0n) is 18.7. The fraction of sp³-hybridized carbons (Fsp3) is 0.520. The van der Waals surface area contributed by atoms with Crippen LogP contribution in [0.3, 0.4) is 0 Å². The molecular weight excluding hydrogens is 392 g/mol. The maximum absolute atomic E-state index is 9.12. The first-order valence-corrected chi connectivity index (χ1v) is 11.2. The summed E-state index contributed by atoms with van der Waals surface area (Å²) < 4.78 is 11.9. The lowest BCUT2D eigenvalue weighted by Gasteiger charge is -2.30. The van der Waals surface area contributed by atoms with Crippen LogP contribution in [0.2, 0.25) is 0 Å². The van der Waals surface area contributed by atoms with Gasteiger partial charge < -0.3 is 19.7 Å². The monoisotopic (exact) mass is 426 g/mol. The second-order valence-electron chi connectivity index (χ2n) is 8.76. The molecule has 0 aliphatic carbocycles. The van der Waals surface area contributed by atoms with E-state index in [4.69, 9.17) is 19.7 Å². The van der Waals surface area contributed by atoms with Crippen LogP contribution in [-0.4, -0.2) is 59.8 Å². The maximum atomic E-state index is 9.12. The molecule has 0 fully saturated rings. The number of benzene rings is 2. The molecular formula is C25H34N2O4. The zero-order chi connectivity index (χ0) is 21.8. The summed E-state index contributed by atoms with van der Waals surface area (Å²) in [5.41, 5.74) is 7.59. The highest BCUT2D eigenvalue weighted by atomic mass is 16.5. The van der Waals surface area contributed by atoms with E-state index in [1.54, 1.807) is 0 Å². The topological polar surface area (TPSA) is 65.4 Å². The van der Waals surface area contributed by atoms with Crippen molar-refractivity contribution in [2.45, 2.75) is 46.2 Å². The Kier molecular flexibility index (Phi) is 7.13. The predicted molar refractivity (Wildman–Crippen MR) is 120 cm³/mol. The van der Waals surface area contributed by atoms with Crippen LogP contribution in [0.25, 0.3) is 0 Å². The molecule has 168 valence electrons. The van der Waals surface area contributed by atoms with E-state index in [1.807, 2.05) is 0 Å². The van der Waals surface area contributed by atoms with Gasteiger partial charge in [0.15, 0.2) is 0 Å². The lowest BCUT2D eigenvalue weighted by Crippen LogP contribution is -2.33. The quantitative estimate of drug-likeness (QED) is 0.677. The third-order valence-corrected chi connectivity index (χ3v) is 6.28. The Morgan fingerprint density at radius 2 is 1.19 bits per heavy atom. The van der Waals surface area contributed by atoms with Crippen LogP contribution in [0.1, 0.15) is 46.2 Å². The highest BCUT2D eigenvalue weighted by Gasteiger charge is 2.21. The molecule has 2 N–H and O–H groups in total. The van der Waals surface area contributed by atoms with Gasteiger partial charge in [-0.2, -0.15) is 0 Å². The molecule has 0 amide bonds. The van der Waals surface area contributed by atoms with Gasteiger partial charge in [-0.1, -0.05) is 12.1 Å². The normalized spacial score (nSPS) is 16.4. The Hall–Kier alpha value is -2.12. The summed E-state index contributed by atoms with van der Waals surface area (Å²) >= 11 is 0. The van der Waals surface area contributed by atoms with Crippen LogP contribution in [0.15, 0.2) is 24.3 Å². The van der Waals surface area contributed by atoms with E-state index in [1.165, 1.54) is 33.4 Å². The first-order valence-electron chi connectivity index (χ1n) is 11.2. The van der Waals surface area contributed by atoms with Crippen molar-refractivity contribution >= 4 is 0 Å². The highest BCUT2D eigenvalue weighted by Crippen LogP contribution is 2.33. The van der Waals surface area contributed by atoms with E-state index >= 15 is 0 Å². The molecule has 2 aromatic rings. The van der Waals surface area contributed by atoms with Crippen molar-refractivity contribution in [3.63, 3.8) is 0 Å². The van der Waals surface area contributed by atoms with Crippen LogP contribution >= 0.6 is 0 Å². The molecule has 6 heteroatoms. The van der Waals surface area contributed by atoms with Crippen molar-refractivity contribution in [2.24, 2.45) is 0 Å². The number of hydrogen-bond acceptors (Lipinski definition) is 6. The second-order valence-corrected chi connectivity index (χ2v) is 8.76. The molecule has 2 aliphatic heterocycles. The van der Waals surface area contributed by atoms with Gasteiger partial charge in [0, 0.05) is 50.5 Å². The van der Waals surface area contributed by atoms with Crippen molar-refractivity contribution in [2.75, 3.05) is 39.8 Å². The van der Waals surface area contributed by atoms with Gasteiger partial charge in [0.05, 0.1) is 0 Å². The molecule has 0 saturated heterocycles. The lowest BCUT2D eigenvalue weighted by molar-refractivity contribution is 0.0882. The van der Waals surface area contributed by atoms with Crippen LogP contribution in [0.4, 0.5) is 0 Å². The number of aliphatic hydroxyl groups is 2. The number of rotatable bonds is 8. The minimum atomic E-state index is 0.210. The van der Waals surface area contributed by atoms with Gasteiger partial charge in [-0.25, -0.2) is 0 Å². The Morgan fingerprint density at radius 3 is 1.61 bits per heavy atom. The molecule has 6 nitrogen and oxygen atoms in total. The van der Waals surface area contributed by atoms with Crippen molar-refractivity contribution in [1.82, 2.24) is 9.80 Å². The van der Waals surface area contributed by atoms with Crippen molar-refractivity contribution in [3.8, 4) is 11.5 Å². The molecule has 0 saturated carbocycles. The smallest absolute Gasteiger partial charge is 0.142 e. The summed E-state index contributed by atoms with van der Waals surface area (Å²) in [5, 5.41) is 18.2. The van der Waals surface area contributed by atoms with E-state index in [0.29, 0.717) is 13.5 Å². The minimum absolute atomic E-state index is 0.210. The fourth-order valence-corrected chi connectivity index (χ4v) is 4.43.